The third-order valence-corrected chi connectivity index (χ3v) is 3.28. The van der Waals surface area contributed by atoms with Crippen LogP contribution in [0.5, 0.6) is 5.75 Å². The van der Waals surface area contributed by atoms with Gasteiger partial charge in [-0.1, -0.05) is 30.3 Å². The molecule has 0 aliphatic rings. The van der Waals surface area contributed by atoms with Gasteiger partial charge in [0, 0.05) is 22.2 Å². The molecule has 0 spiro atoms. The Kier molecular flexibility index (Phi) is 2.56. The molecule has 0 unspecified atom stereocenters. The van der Waals surface area contributed by atoms with Crippen LogP contribution in [-0.2, 0) is 0 Å². The van der Waals surface area contributed by atoms with Crippen LogP contribution in [0.2, 0.25) is 0 Å². The standard InChI is InChI=1S/C16H15NO/c1-11-6-3-4-7-12(11)15-10-13-14(17-15)8-5-9-16(13)18-2/h3-10,17H,1-2H3. The van der Waals surface area contributed by atoms with Crippen molar-refractivity contribution in [3.63, 3.8) is 0 Å². The predicted molar refractivity (Wildman–Crippen MR) is 75.0 cm³/mol. The first-order chi connectivity index (χ1) is 8.79. The average molecular weight is 237 g/mol. The molecule has 3 aromatic rings. The number of ether oxygens (including phenoxy) is 1. The molecule has 0 atom stereocenters. The van der Waals surface area contributed by atoms with Crippen LogP contribution in [0, 0.1) is 6.92 Å². The van der Waals surface area contributed by atoms with Crippen LogP contribution in [-0.4, -0.2) is 12.1 Å². The van der Waals surface area contributed by atoms with E-state index in [9.17, 15) is 0 Å². The molecule has 1 N–H and O–H groups in total. The van der Waals surface area contributed by atoms with Crippen LogP contribution in [0.15, 0.2) is 48.5 Å². The van der Waals surface area contributed by atoms with E-state index in [2.05, 4.69) is 48.3 Å². The highest BCUT2D eigenvalue weighted by atomic mass is 16.5. The number of rotatable bonds is 2. The number of methoxy groups -OCH3 is 1. The van der Waals surface area contributed by atoms with Gasteiger partial charge in [0.1, 0.15) is 5.75 Å². The summed E-state index contributed by atoms with van der Waals surface area (Å²) < 4.78 is 5.39. The number of fused-ring (bicyclic) bond motifs is 1. The summed E-state index contributed by atoms with van der Waals surface area (Å²) in [6.45, 7) is 2.12. The zero-order valence-corrected chi connectivity index (χ0v) is 10.5. The Balaban J connectivity index is 2.23. The maximum Gasteiger partial charge on any atom is 0.128 e. The van der Waals surface area contributed by atoms with Gasteiger partial charge in [-0.2, -0.15) is 0 Å². The Hall–Kier alpha value is -2.22. The zero-order valence-electron chi connectivity index (χ0n) is 10.5. The highest BCUT2D eigenvalue weighted by Gasteiger charge is 2.08. The van der Waals surface area contributed by atoms with Crippen molar-refractivity contribution in [3.05, 3.63) is 54.1 Å². The minimum Gasteiger partial charge on any atom is -0.496 e. The second-order valence-electron chi connectivity index (χ2n) is 4.42. The Labute approximate surface area is 106 Å². The number of H-pyrrole nitrogens is 1. The summed E-state index contributed by atoms with van der Waals surface area (Å²) in [5, 5.41) is 1.12. The highest BCUT2D eigenvalue weighted by Crippen LogP contribution is 2.31. The quantitative estimate of drug-likeness (QED) is 0.711. The first-order valence-electron chi connectivity index (χ1n) is 6.01. The second kappa shape index (κ2) is 4.22. The van der Waals surface area contributed by atoms with E-state index in [0.717, 1.165) is 22.3 Å². The van der Waals surface area contributed by atoms with Crippen LogP contribution in [0.3, 0.4) is 0 Å². The molecule has 0 radical (unpaired) electrons. The molecule has 3 rings (SSSR count). The summed E-state index contributed by atoms with van der Waals surface area (Å²) in [5.41, 5.74) is 4.74. The molecule has 18 heavy (non-hydrogen) atoms. The van der Waals surface area contributed by atoms with Gasteiger partial charge in [-0.25, -0.2) is 0 Å². The topological polar surface area (TPSA) is 25.0 Å². The zero-order chi connectivity index (χ0) is 12.5. The molecule has 1 heterocycles. The lowest BCUT2D eigenvalue weighted by atomic mass is 10.1. The number of nitrogens with one attached hydrogen (secondary N) is 1. The molecule has 0 bridgehead atoms. The number of hydrogen-bond acceptors (Lipinski definition) is 1. The lowest BCUT2D eigenvalue weighted by Gasteiger charge is -2.01. The summed E-state index contributed by atoms with van der Waals surface area (Å²) in [5.74, 6) is 0.906. The van der Waals surface area contributed by atoms with Crippen molar-refractivity contribution < 1.29 is 4.74 Å². The van der Waals surface area contributed by atoms with E-state index < -0.39 is 0 Å². The average Bonchev–Trinajstić information content (AvgIpc) is 2.82. The Morgan fingerprint density at radius 1 is 1.00 bits per heavy atom. The summed E-state index contributed by atoms with van der Waals surface area (Å²) >= 11 is 0. The minimum atomic E-state index is 0.906. The van der Waals surface area contributed by atoms with Gasteiger partial charge in [0.05, 0.1) is 7.11 Å². The lowest BCUT2D eigenvalue weighted by molar-refractivity contribution is 0.420. The van der Waals surface area contributed by atoms with Crippen LogP contribution < -0.4 is 4.74 Å². The van der Waals surface area contributed by atoms with Crippen molar-refractivity contribution in [1.82, 2.24) is 4.98 Å². The van der Waals surface area contributed by atoms with Gasteiger partial charge in [0.15, 0.2) is 0 Å². The fraction of sp³-hybridized carbons (Fsp3) is 0.125. The van der Waals surface area contributed by atoms with E-state index >= 15 is 0 Å². The molecular weight excluding hydrogens is 222 g/mol. The Bertz CT molecular complexity index is 697. The third kappa shape index (κ3) is 1.66. The first-order valence-corrected chi connectivity index (χ1v) is 6.01. The Morgan fingerprint density at radius 3 is 2.61 bits per heavy atom. The van der Waals surface area contributed by atoms with Crippen molar-refractivity contribution in [2.45, 2.75) is 6.92 Å². The van der Waals surface area contributed by atoms with E-state index in [4.69, 9.17) is 4.74 Å². The van der Waals surface area contributed by atoms with Crippen LogP contribution >= 0.6 is 0 Å². The molecule has 0 saturated carbocycles. The molecular formula is C16H15NO. The molecule has 0 aliphatic carbocycles. The van der Waals surface area contributed by atoms with Gasteiger partial charge in [-0.15, -0.1) is 0 Å². The van der Waals surface area contributed by atoms with E-state index in [1.165, 1.54) is 11.1 Å². The number of aromatic nitrogens is 1. The molecule has 0 amide bonds. The molecule has 2 nitrogen and oxygen atoms in total. The van der Waals surface area contributed by atoms with Crippen LogP contribution in [0.4, 0.5) is 0 Å². The largest absolute Gasteiger partial charge is 0.496 e. The van der Waals surface area contributed by atoms with Gasteiger partial charge in [0.25, 0.3) is 0 Å². The van der Waals surface area contributed by atoms with Gasteiger partial charge >= 0.3 is 0 Å². The van der Waals surface area contributed by atoms with Crippen LogP contribution in [0.1, 0.15) is 5.56 Å². The van der Waals surface area contributed by atoms with Gasteiger partial charge in [-0.05, 0) is 30.7 Å². The maximum absolute atomic E-state index is 5.39. The molecule has 0 aliphatic heterocycles. The number of aryl methyl sites for hydroxylation is 1. The molecule has 0 saturated heterocycles. The van der Waals surface area contributed by atoms with Crippen molar-refractivity contribution in [3.8, 4) is 17.0 Å². The Morgan fingerprint density at radius 2 is 1.83 bits per heavy atom. The van der Waals surface area contributed by atoms with Crippen molar-refractivity contribution in [2.24, 2.45) is 0 Å². The second-order valence-corrected chi connectivity index (χ2v) is 4.42. The molecule has 0 fully saturated rings. The van der Waals surface area contributed by atoms with Gasteiger partial charge in [0.2, 0.25) is 0 Å². The van der Waals surface area contributed by atoms with Crippen LogP contribution in [0.25, 0.3) is 22.2 Å². The maximum atomic E-state index is 5.39. The van der Waals surface area contributed by atoms with E-state index in [-0.39, 0.29) is 0 Å². The molecule has 2 heteroatoms. The summed E-state index contributed by atoms with van der Waals surface area (Å²) in [6, 6.07) is 16.6. The highest BCUT2D eigenvalue weighted by molar-refractivity contribution is 5.91. The summed E-state index contributed by atoms with van der Waals surface area (Å²) in [4.78, 5) is 3.45. The fourth-order valence-corrected chi connectivity index (χ4v) is 2.33. The fourth-order valence-electron chi connectivity index (χ4n) is 2.33. The van der Waals surface area contributed by atoms with Crippen molar-refractivity contribution >= 4 is 10.9 Å². The third-order valence-electron chi connectivity index (χ3n) is 3.28. The van der Waals surface area contributed by atoms with Crippen molar-refractivity contribution in [1.29, 1.82) is 0 Å². The van der Waals surface area contributed by atoms with Crippen molar-refractivity contribution in [2.75, 3.05) is 7.11 Å². The van der Waals surface area contributed by atoms with E-state index in [1.807, 2.05) is 12.1 Å². The van der Waals surface area contributed by atoms with Gasteiger partial charge < -0.3 is 9.72 Å². The monoisotopic (exact) mass is 237 g/mol. The summed E-state index contributed by atoms with van der Waals surface area (Å²) in [6.07, 6.45) is 0. The number of aromatic amines is 1. The molecule has 2 aromatic carbocycles. The predicted octanol–water partition coefficient (Wildman–Crippen LogP) is 4.15. The first kappa shape index (κ1) is 10.9. The van der Waals surface area contributed by atoms with E-state index in [0.29, 0.717) is 0 Å². The summed E-state index contributed by atoms with van der Waals surface area (Å²) in [7, 11) is 1.70. The molecule has 90 valence electrons. The normalized spacial score (nSPS) is 10.8. The number of hydrogen-bond donors (Lipinski definition) is 1. The SMILES string of the molecule is COc1cccc2[nH]c(-c3ccccc3C)cc12. The van der Waals surface area contributed by atoms with E-state index in [1.54, 1.807) is 7.11 Å². The smallest absolute Gasteiger partial charge is 0.128 e. The number of benzene rings is 2. The lowest BCUT2D eigenvalue weighted by Crippen LogP contribution is -1.81. The molecule has 1 aromatic heterocycles. The minimum absolute atomic E-state index is 0.906. The van der Waals surface area contributed by atoms with Gasteiger partial charge in [-0.3, -0.25) is 0 Å².